The van der Waals surface area contributed by atoms with Crippen molar-refractivity contribution in [1.82, 2.24) is 20.2 Å². The molecule has 1 aromatic carbocycles. The van der Waals surface area contributed by atoms with Gasteiger partial charge in [-0.15, -0.1) is 0 Å². The molecule has 6 heteroatoms. The first-order valence-electron chi connectivity index (χ1n) is 9.84. The van der Waals surface area contributed by atoms with E-state index in [1.54, 1.807) is 6.33 Å². The summed E-state index contributed by atoms with van der Waals surface area (Å²) in [6.07, 6.45) is 6.31. The fraction of sp³-hybridized carbons (Fsp3) is 0.476. The van der Waals surface area contributed by atoms with Crippen LogP contribution in [0, 0.1) is 5.92 Å². The number of rotatable bonds is 4. The molecule has 3 aromatic rings. The molecule has 2 fully saturated rings. The monoisotopic (exact) mass is 363 g/mol. The third-order valence-electron chi connectivity index (χ3n) is 5.86. The zero-order valence-corrected chi connectivity index (χ0v) is 15.9. The van der Waals surface area contributed by atoms with E-state index in [0.717, 1.165) is 65.7 Å². The molecule has 1 aliphatic carbocycles. The van der Waals surface area contributed by atoms with Crippen LogP contribution in [0.25, 0.3) is 22.3 Å². The first-order chi connectivity index (χ1) is 13.1. The number of fused-ring (bicyclic) bond motifs is 1. The molecule has 0 unspecified atom stereocenters. The van der Waals surface area contributed by atoms with Crippen LogP contribution in [0.3, 0.4) is 0 Å². The minimum Gasteiger partial charge on any atom is -0.488 e. The highest BCUT2D eigenvalue weighted by atomic mass is 16.5. The standard InChI is InChI=1S/C21H25N5O/c1-14-5-9-26(10-6-14)19-12-18(22-13-23-19)20-16-11-15(27-21(2)7-8-21)3-4-17(16)24-25-20/h3-4,11-14H,5-10H2,1-2H3,(H,24,25). The number of hydrogen-bond acceptors (Lipinski definition) is 5. The van der Waals surface area contributed by atoms with E-state index in [2.05, 4.69) is 51.0 Å². The van der Waals surface area contributed by atoms with Gasteiger partial charge in [-0.1, -0.05) is 6.92 Å². The Morgan fingerprint density at radius 1 is 1.15 bits per heavy atom. The summed E-state index contributed by atoms with van der Waals surface area (Å²) in [7, 11) is 0. The summed E-state index contributed by atoms with van der Waals surface area (Å²) < 4.78 is 6.13. The summed E-state index contributed by atoms with van der Waals surface area (Å²) in [5, 5.41) is 8.68. The minimum atomic E-state index is 0.00502. The first kappa shape index (κ1) is 16.5. The second-order valence-corrected chi connectivity index (χ2v) is 8.26. The number of aromatic amines is 1. The molecule has 140 valence electrons. The zero-order chi connectivity index (χ0) is 18.4. The van der Waals surface area contributed by atoms with Gasteiger partial charge < -0.3 is 9.64 Å². The molecule has 6 nitrogen and oxygen atoms in total. The maximum Gasteiger partial charge on any atom is 0.132 e. The summed E-state index contributed by atoms with van der Waals surface area (Å²) in [6.45, 7) is 6.58. The van der Waals surface area contributed by atoms with Crippen molar-refractivity contribution in [2.24, 2.45) is 5.92 Å². The number of aromatic nitrogens is 4. The maximum absolute atomic E-state index is 6.13. The topological polar surface area (TPSA) is 66.9 Å². The lowest BCUT2D eigenvalue weighted by Crippen LogP contribution is -2.33. The van der Waals surface area contributed by atoms with Gasteiger partial charge in [-0.05, 0) is 56.7 Å². The van der Waals surface area contributed by atoms with Crippen molar-refractivity contribution in [3.63, 3.8) is 0 Å². The number of anilines is 1. The lowest BCUT2D eigenvalue weighted by Gasteiger charge is -2.31. The molecule has 1 aliphatic heterocycles. The molecule has 5 rings (SSSR count). The second-order valence-electron chi connectivity index (χ2n) is 8.26. The van der Waals surface area contributed by atoms with E-state index in [1.807, 2.05) is 12.1 Å². The van der Waals surface area contributed by atoms with Crippen LogP contribution < -0.4 is 9.64 Å². The Bertz CT molecular complexity index is 970. The summed E-state index contributed by atoms with van der Waals surface area (Å²) >= 11 is 0. The van der Waals surface area contributed by atoms with Gasteiger partial charge in [0.2, 0.25) is 0 Å². The number of hydrogen-bond donors (Lipinski definition) is 1. The van der Waals surface area contributed by atoms with Gasteiger partial charge in [-0.3, -0.25) is 5.10 Å². The van der Waals surface area contributed by atoms with Crippen molar-refractivity contribution >= 4 is 16.7 Å². The van der Waals surface area contributed by atoms with Gasteiger partial charge in [0, 0.05) is 24.5 Å². The zero-order valence-electron chi connectivity index (χ0n) is 15.9. The number of benzene rings is 1. The number of nitrogens with one attached hydrogen (secondary N) is 1. The van der Waals surface area contributed by atoms with Crippen LogP contribution in [0.15, 0.2) is 30.6 Å². The summed E-state index contributed by atoms with van der Waals surface area (Å²) in [4.78, 5) is 11.4. The lowest BCUT2D eigenvalue weighted by molar-refractivity contribution is 0.200. The molecule has 2 aromatic heterocycles. The number of H-pyrrole nitrogens is 1. The molecule has 2 aliphatic rings. The first-order valence-corrected chi connectivity index (χ1v) is 9.84. The Balaban J connectivity index is 1.47. The SMILES string of the molecule is CC1CCN(c2cc(-c3n[nH]c4ccc(OC5(C)CC5)cc34)ncn2)CC1. The van der Waals surface area contributed by atoms with Gasteiger partial charge in [0.05, 0.1) is 11.2 Å². The van der Waals surface area contributed by atoms with E-state index >= 15 is 0 Å². The van der Waals surface area contributed by atoms with Crippen molar-refractivity contribution in [2.75, 3.05) is 18.0 Å². The normalized spacial score (nSPS) is 19.4. The van der Waals surface area contributed by atoms with Crippen LogP contribution >= 0.6 is 0 Å². The summed E-state index contributed by atoms with van der Waals surface area (Å²) in [6, 6.07) is 8.17. The molecule has 3 heterocycles. The maximum atomic E-state index is 6.13. The van der Waals surface area contributed by atoms with Crippen LogP contribution in [0.2, 0.25) is 0 Å². The van der Waals surface area contributed by atoms with Crippen LogP contribution in [-0.4, -0.2) is 38.9 Å². The van der Waals surface area contributed by atoms with Crippen LogP contribution in [0.1, 0.15) is 39.5 Å². The van der Waals surface area contributed by atoms with Crippen LogP contribution in [0.4, 0.5) is 5.82 Å². The smallest absolute Gasteiger partial charge is 0.132 e. The van der Waals surface area contributed by atoms with Gasteiger partial charge in [-0.25, -0.2) is 9.97 Å². The molecular formula is C21H25N5O. The molecular weight excluding hydrogens is 338 g/mol. The molecule has 0 radical (unpaired) electrons. The highest BCUT2D eigenvalue weighted by Gasteiger charge is 2.40. The summed E-state index contributed by atoms with van der Waals surface area (Å²) in [5.41, 5.74) is 2.70. The lowest BCUT2D eigenvalue weighted by atomic mass is 9.99. The van der Waals surface area contributed by atoms with E-state index in [9.17, 15) is 0 Å². The average Bonchev–Trinajstić information content (AvgIpc) is 3.25. The Hall–Kier alpha value is -2.63. The minimum absolute atomic E-state index is 0.00502. The highest BCUT2D eigenvalue weighted by Crippen LogP contribution is 2.40. The van der Waals surface area contributed by atoms with E-state index < -0.39 is 0 Å². The highest BCUT2D eigenvalue weighted by molar-refractivity contribution is 5.93. The fourth-order valence-corrected chi connectivity index (χ4v) is 3.70. The molecule has 1 saturated carbocycles. The van der Waals surface area contributed by atoms with Crippen molar-refractivity contribution in [3.05, 3.63) is 30.6 Å². The van der Waals surface area contributed by atoms with E-state index in [-0.39, 0.29) is 5.60 Å². The van der Waals surface area contributed by atoms with Gasteiger partial charge in [0.25, 0.3) is 0 Å². The predicted molar refractivity (Wildman–Crippen MR) is 106 cm³/mol. The van der Waals surface area contributed by atoms with E-state index in [1.165, 1.54) is 12.8 Å². The molecule has 0 bridgehead atoms. The van der Waals surface area contributed by atoms with Crippen molar-refractivity contribution < 1.29 is 4.74 Å². The third-order valence-corrected chi connectivity index (χ3v) is 5.86. The number of nitrogens with zero attached hydrogens (tertiary/aromatic N) is 4. The van der Waals surface area contributed by atoms with Crippen LogP contribution in [0.5, 0.6) is 5.75 Å². The van der Waals surface area contributed by atoms with Gasteiger partial charge in [-0.2, -0.15) is 5.10 Å². The molecule has 0 spiro atoms. The van der Waals surface area contributed by atoms with E-state index in [0.29, 0.717) is 0 Å². The Labute approximate surface area is 159 Å². The Morgan fingerprint density at radius 3 is 2.74 bits per heavy atom. The third kappa shape index (κ3) is 3.24. The average molecular weight is 363 g/mol. The molecule has 1 saturated heterocycles. The van der Waals surface area contributed by atoms with Crippen LogP contribution in [-0.2, 0) is 0 Å². The molecule has 27 heavy (non-hydrogen) atoms. The van der Waals surface area contributed by atoms with Crippen molar-refractivity contribution in [1.29, 1.82) is 0 Å². The van der Waals surface area contributed by atoms with Gasteiger partial charge >= 0.3 is 0 Å². The van der Waals surface area contributed by atoms with Crippen molar-refractivity contribution in [2.45, 2.75) is 45.1 Å². The molecule has 1 N–H and O–H groups in total. The summed E-state index contributed by atoms with van der Waals surface area (Å²) in [5.74, 6) is 2.68. The van der Waals surface area contributed by atoms with Gasteiger partial charge in [0.15, 0.2) is 0 Å². The van der Waals surface area contributed by atoms with Crippen molar-refractivity contribution in [3.8, 4) is 17.1 Å². The van der Waals surface area contributed by atoms with E-state index in [4.69, 9.17) is 4.74 Å². The van der Waals surface area contributed by atoms with Gasteiger partial charge in [0.1, 0.15) is 29.2 Å². The quantitative estimate of drug-likeness (QED) is 0.753. The predicted octanol–water partition coefficient (Wildman–Crippen LogP) is 4.19. The number of piperidine rings is 1. The molecule has 0 amide bonds. The Kier molecular flexibility index (Phi) is 3.81. The Morgan fingerprint density at radius 2 is 1.96 bits per heavy atom. The fourth-order valence-electron chi connectivity index (χ4n) is 3.70. The number of ether oxygens (including phenoxy) is 1. The molecule has 0 atom stereocenters. The second kappa shape index (κ2) is 6.22. The largest absolute Gasteiger partial charge is 0.488 e.